The normalized spacial score (nSPS) is 23.7. The molecule has 0 aromatic heterocycles. The summed E-state index contributed by atoms with van der Waals surface area (Å²) < 4.78 is 19.1. The van der Waals surface area contributed by atoms with Crippen molar-refractivity contribution >= 4 is 5.78 Å². The Morgan fingerprint density at radius 3 is 1.12 bits per heavy atom. The Morgan fingerprint density at radius 1 is 0.391 bits per heavy atom. The highest BCUT2D eigenvalue weighted by Crippen LogP contribution is 2.58. The number of ketones is 1. The molecule has 1 saturated carbocycles. The zero-order chi connectivity index (χ0) is 84.2. The van der Waals surface area contributed by atoms with Gasteiger partial charge < -0.3 is 50.0 Å². The molecule has 0 spiro atoms. The Morgan fingerprint density at radius 2 is 0.722 bits per heavy atom. The smallest absolute Gasteiger partial charge is 0.133 e. The average molecular weight is 1570 g/mol. The fourth-order valence-corrected chi connectivity index (χ4v) is 20.4. The topological polar surface area (TPSA) is 186 Å². The number of Topliss-reactive ketones (excluding diaryl/α,β-unsaturated/α-hetero) is 1. The molecule has 0 bridgehead atoms. The van der Waals surface area contributed by atoms with Crippen LogP contribution in [0.25, 0.3) is 0 Å². The molecule has 7 N–H and O–H groups in total. The molecule has 3 aliphatic heterocycles. The highest BCUT2D eigenvalue weighted by Gasteiger charge is 2.50. The molecule has 1 fully saturated rings. The van der Waals surface area contributed by atoms with Crippen LogP contribution in [0.2, 0.25) is 0 Å². The van der Waals surface area contributed by atoms with Gasteiger partial charge in [0.1, 0.15) is 80.1 Å². The van der Waals surface area contributed by atoms with Crippen LogP contribution < -0.4 is 14.2 Å². The summed E-state index contributed by atoms with van der Waals surface area (Å²) >= 11 is 0. The van der Waals surface area contributed by atoms with Crippen LogP contribution in [0, 0.1) is 29.6 Å². The number of ether oxygens (including phenoxy) is 3. The maximum absolute atomic E-state index is 12.1. The molecule has 115 heavy (non-hydrogen) atoms. The summed E-state index contributed by atoms with van der Waals surface area (Å²) in [6, 6.07) is 19.5. The first kappa shape index (κ1) is 91.1. The summed E-state index contributed by atoms with van der Waals surface area (Å²) in [6.07, 6.45) is 38.7. The predicted molar refractivity (Wildman–Crippen MR) is 476 cm³/mol. The Labute approximate surface area is 694 Å². The maximum Gasteiger partial charge on any atom is 0.133 e. The SMILES string of the molecule is C=C(C)[C@@H]1CCC(C)=C[C@H]1c1c(O)cc(CCC)cc1O.C=C(C)[C@@H]1CCC(C)=C[C@H]1c1c(O)cc(CCCCC)cc1O.CCCCCCC(C)(C)c1cc(O)c2c(c1)OC(C)(C)[C@@H]1CCC(=O)C[C@@H]21.CCCCCc1cc(O)c2c(c1)OC(C)(C)[C@@H]1CCC(C)=C[C@@H]21.CCCc1cc(O)c2c(c1)OC(C)(C)[C@@H]1CCC(C)=C[C@@H]21. The van der Waals surface area contributed by atoms with Crippen LogP contribution >= 0.6 is 0 Å². The molecule has 8 aliphatic rings. The summed E-state index contributed by atoms with van der Waals surface area (Å²) in [7, 11) is 0. The van der Waals surface area contributed by atoms with E-state index in [1.54, 1.807) is 12.1 Å². The first-order valence-electron chi connectivity index (χ1n) is 44.6. The summed E-state index contributed by atoms with van der Waals surface area (Å²) in [5.41, 5.74) is 16.7. The molecule has 5 aromatic rings. The fourth-order valence-electron chi connectivity index (χ4n) is 20.4. The molecule has 5 aliphatic carbocycles. The second-order valence-electron chi connectivity index (χ2n) is 38.2. The van der Waals surface area contributed by atoms with Crippen LogP contribution in [0.1, 0.15) is 371 Å². The van der Waals surface area contributed by atoms with E-state index in [1.807, 2.05) is 44.2 Å². The monoisotopic (exact) mass is 1570 g/mol. The second kappa shape index (κ2) is 39.6. The fraction of sp³-hybridized carbons (Fsp3) is 0.587. The van der Waals surface area contributed by atoms with Crippen molar-refractivity contribution in [3.8, 4) is 57.5 Å². The minimum Gasteiger partial charge on any atom is -0.508 e. The number of hydrogen-bond acceptors (Lipinski definition) is 11. The van der Waals surface area contributed by atoms with Crippen molar-refractivity contribution in [3.05, 3.63) is 187 Å². The van der Waals surface area contributed by atoms with Gasteiger partial charge in [0, 0.05) is 88.0 Å². The molecule has 0 saturated heterocycles. The second-order valence-corrected chi connectivity index (χ2v) is 38.2. The van der Waals surface area contributed by atoms with Gasteiger partial charge >= 0.3 is 0 Å². The van der Waals surface area contributed by atoms with Crippen LogP contribution in [-0.4, -0.2) is 58.3 Å². The zero-order valence-corrected chi connectivity index (χ0v) is 74.3. The minimum absolute atomic E-state index is 0.00696. The number of phenols is 7. The number of phenolic OH excluding ortho intramolecular Hbond substituents is 7. The first-order valence-corrected chi connectivity index (χ1v) is 44.6. The van der Waals surface area contributed by atoms with Crippen LogP contribution in [0.5, 0.6) is 57.5 Å². The van der Waals surface area contributed by atoms with Gasteiger partial charge in [-0.1, -0.05) is 184 Å². The Kier molecular flexibility index (Phi) is 31.4. The predicted octanol–water partition coefficient (Wildman–Crippen LogP) is 27.9. The van der Waals surface area contributed by atoms with E-state index in [0.29, 0.717) is 58.8 Å². The largest absolute Gasteiger partial charge is 0.508 e. The third-order valence-electron chi connectivity index (χ3n) is 26.9. The van der Waals surface area contributed by atoms with Crippen molar-refractivity contribution in [1.29, 1.82) is 0 Å². The lowest BCUT2D eigenvalue weighted by Gasteiger charge is -2.47. The van der Waals surface area contributed by atoms with E-state index >= 15 is 0 Å². The first-order chi connectivity index (χ1) is 54.4. The van der Waals surface area contributed by atoms with E-state index in [4.69, 9.17) is 14.2 Å². The lowest BCUT2D eigenvalue weighted by molar-refractivity contribution is -0.124. The third-order valence-corrected chi connectivity index (χ3v) is 26.9. The van der Waals surface area contributed by atoms with Gasteiger partial charge in [-0.2, -0.15) is 0 Å². The van der Waals surface area contributed by atoms with Gasteiger partial charge in [-0.15, -0.1) is 0 Å². The van der Waals surface area contributed by atoms with E-state index in [0.717, 1.165) is 171 Å². The van der Waals surface area contributed by atoms with Crippen molar-refractivity contribution in [2.75, 3.05) is 0 Å². The number of carbonyl (C=O) groups is 1. The molecule has 0 radical (unpaired) electrons. The van der Waals surface area contributed by atoms with Gasteiger partial charge in [0.25, 0.3) is 0 Å². The molecular weight excluding hydrogens is 1430 g/mol. The summed E-state index contributed by atoms with van der Waals surface area (Å²) in [6.45, 7) is 49.3. The van der Waals surface area contributed by atoms with Gasteiger partial charge in [0.05, 0.1) is 0 Å². The minimum atomic E-state index is -0.311. The number of allylic oxidation sites excluding steroid dienone is 10. The van der Waals surface area contributed by atoms with E-state index in [1.165, 1.54) is 91.2 Å². The number of fused-ring (bicyclic) bond motifs is 9. The molecule has 630 valence electrons. The van der Waals surface area contributed by atoms with Gasteiger partial charge in [-0.25, -0.2) is 0 Å². The Hall–Kier alpha value is -7.79. The maximum atomic E-state index is 12.1. The van der Waals surface area contributed by atoms with Crippen molar-refractivity contribution in [1.82, 2.24) is 0 Å². The Balaban J connectivity index is 0.000000165. The van der Waals surface area contributed by atoms with Gasteiger partial charge in [-0.3, -0.25) is 4.79 Å². The molecule has 10 atom stereocenters. The van der Waals surface area contributed by atoms with Crippen LogP contribution in [0.15, 0.2) is 132 Å². The standard InChI is InChI=1S/C24H36O3.2C21H30O2.2C19H26O2/c1-6-7-8-9-12-23(2,3)16-13-20(26)22-18-15-17(25)10-11-19(18)24(4,5)27-21(22)14-16;1-5-6-7-8-15-12-18(22)20-16-11-14(2)9-10-17(16)21(3,4)23-19(20)13-15;1-5-6-7-8-16-12-19(22)21(20(23)13-16)18-11-15(4)9-10-17(18)14(2)3;1-5-6-13-10-16(20)18-14-9-12(2)7-8-15(14)19(3,4)21-17(18)11-13;1-5-6-14-10-17(20)19(18(21)11-14)16-9-13(4)7-8-15(16)12(2)3/h13-14,18-19,26H,6-12,15H2,1-5H3;11-13,16-17,22H,5-10H2,1-4H3;11-13,17-18,22-23H,2,5-10H2,1,3-4H3;9-11,14-15,20H,5-8H2,1-4H3;9-11,15-16,20-21H,2,5-8H2,1,3-4H3/t18-,19-;16-,17-;17-,18+;14-,15-;15-,16+/m11010/s1. The Bertz CT molecular complexity index is 4290. The summed E-state index contributed by atoms with van der Waals surface area (Å²) in [5, 5.41) is 74.1. The lowest BCUT2D eigenvalue weighted by atomic mass is 9.66. The van der Waals surface area contributed by atoms with Crippen molar-refractivity contribution in [2.45, 2.75) is 363 Å². The highest BCUT2D eigenvalue weighted by atomic mass is 16.5. The van der Waals surface area contributed by atoms with Crippen molar-refractivity contribution in [3.63, 3.8) is 0 Å². The number of aromatic hydroxyl groups is 7. The molecule has 0 amide bonds. The third kappa shape index (κ3) is 22.3. The van der Waals surface area contributed by atoms with Crippen LogP contribution in [-0.2, 0) is 35.9 Å². The lowest BCUT2D eigenvalue weighted by Crippen LogP contribution is -2.47. The highest BCUT2D eigenvalue weighted by molar-refractivity contribution is 5.81. The number of carbonyl (C=O) groups excluding carboxylic acids is 1. The molecule has 5 aromatic carbocycles. The zero-order valence-electron chi connectivity index (χ0n) is 74.3. The quantitative estimate of drug-likeness (QED) is 0.0258. The molecule has 0 unspecified atom stereocenters. The number of benzene rings is 5. The molecule has 11 nitrogen and oxygen atoms in total. The van der Waals surface area contributed by atoms with E-state index in [9.17, 15) is 40.5 Å². The van der Waals surface area contributed by atoms with Crippen LogP contribution in [0.3, 0.4) is 0 Å². The van der Waals surface area contributed by atoms with E-state index in [2.05, 4.69) is 173 Å². The summed E-state index contributed by atoms with van der Waals surface area (Å²) in [4.78, 5) is 12.1. The molecule has 3 heterocycles. The summed E-state index contributed by atoms with van der Waals surface area (Å²) in [5.74, 6) is 7.28. The van der Waals surface area contributed by atoms with Crippen molar-refractivity contribution in [2.24, 2.45) is 29.6 Å². The van der Waals surface area contributed by atoms with Gasteiger partial charge in [0.15, 0.2) is 0 Å². The van der Waals surface area contributed by atoms with E-state index < -0.39 is 0 Å². The number of rotatable bonds is 22. The van der Waals surface area contributed by atoms with Crippen molar-refractivity contribution < 1.29 is 54.8 Å². The number of aryl methyl sites for hydroxylation is 4. The molecule has 11 heteroatoms. The van der Waals surface area contributed by atoms with Gasteiger partial charge in [0.2, 0.25) is 0 Å². The molecule has 13 rings (SSSR count). The average Bonchev–Trinajstić information content (AvgIpc) is 0.742. The number of hydrogen-bond donors (Lipinski definition) is 7. The van der Waals surface area contributed by atoms with Crippen LogP contribution in [0.4, 0.5) is 0 Å². The molecular formula is C104H148O11. The van der Waals surface area contributed by atoms with Gasteiger partial charge in [-0.05, 0) is 292 Å². The number of unbranched alkanes of at least 4 members (excludes halogenated alkanes) is 7. The van der Waals surface area contributed by atoms with E-state index in [-0.39, 0.29) is 92.6 Å².